The van der Waals surface area contributed by atoms with Gasteiger partial charge in [-0.15, -0.1) is 0 Å². The number of rotatable bonds is 3. The smallest absolute Gasteiger partial charge is 0.224 e. The number of anilines is 1. The summed E-state index contributed by atoms with van der Waals surface area (Å²) in [5, 5.41) is 11.7. The second-order valence-electron chi connectivity index (χ2n) is 6.11. The highest BCUT2D eigenvalue weighted by molar-refractivity contribution is 5.92. The molecule has 0 spiro atoms. The van der Waals surface area contributed by atoms with Gasteiger partial charge in [0, 0.05) is 18.4 Å². The quantitative estimate of drug-likeness (QED) is 0.831. The molecule has 0 saturated heterocycles. The average molecular weight is 273 g/mol. The summed E-state index contributed by atoms with van der Waals surface area (Å²) in [6.45, 7) is 8.12. The number of hydrogen-bond acceptors (Lipinski definition) is 2. The SMILES string of the molecule is Cc1ccc(C#CCCO)c(NC(=O)CC(C)(C)C)c1. The predicted octanol–water partition coefficient (Wildman–Crippen LogP) is 3.10. The Labute approximate surface area is 121 Å². The van der Waals surface area contributed by atoms with Crippen molar-refractivity contribution >= 4 is 11.6 Å². The largest absolute Gasteiger partial charge is 0.395 e. The molecule has 0 bridgehead atoms. The molecule has 0 aromatic heterocycles. The Morgan fingerprint density at radius 3 is 2.65 bits per heavy atom. The number of aliphatic hydroxyl groups is 1. The molecule has 1 amide bonds. The Kier molecular flexibility index (Phi) is 5.79. The number of aliphatic hydroxyl groups excluding tert-OH is 1. The van der Waals surface area contributed by atoms with Crippen molar-refractivity contribution in [2.75, 3.05) is 11.9 Å². The molecule has 0 aliphatic carbocycles. The standard InChI is InChI=1S/C17H23NO2/c1-13-8-9-14(7-5-6-10-19)15(11-13)18-16(20)12-17(2,3)4/h8-9,11,19H,6,10,12H2,1-4H3,(H,18,20). The van der Waals surface area contributed by atoms with Gasteiger partial charge < -0.3 is 10.4 Å². The third kappa shape index (κ3) is 5.90. The number of benzene rings is 1. The Balaban J connectivity index is 2.90. The molecule has 0 atom stereocenters. The van der Waals surface area contributed by atoms with Crippen LogP contribution < -0.4 is 5.32 Å². The highest BCUT2D eigenvalue weighted by atomic mass is 16.2. The molecule has 0 heterocycles. The molecule has 0 saturated carbocycles. The molecule has 0 unspecified atom stereocenters. The molecule has 0 radical (unpaired) electrons. The second kappa shape index (κ2) is 7.12. The van der Waals surface area contributed by atoms with Crippen LogP contribution >= 0.6 is 0 Å². The van der Waals surface area contributed by atoms with Crippen LogP contribution in [-0.4, -0.2) is 17.6 Å². The van der Waals surface area contributed by atoms with Crippen LogP contribution in [0.4, 0.5) is 5.69 Å². The number of aryl methyl sites for hydroxylation is 1. The fourth-order valence-corrected chi connectivity index (χ4v) is 1.76. The summed E-state index contributed by atoms with van der Waals surface area (Å²) in [5.41, 5.74) is 2.55. The Morgan fingerprint density at radius 1 is 1.35 bits per heavy atom. The van der Waals surface area contributed by atoms with E-state index in [4.69, 9.17) is 5.11 Å². The number of nitrogens with one attached hydrogen (secondary N) is 1. The van der Waals surface area contributed by atoms with Crippen molar-refractivity contribution in [1.82, 2.24) is 0 Å². The Bertz CT molecular complexity index is 530. The van der Waals surface area contributed by atoms with E-state index in [1.807, 2.05) is 45.9 Å². The van der Waals surface area contributed by atoms with Crippen LogP contribution in [0.5, 0.6) is 0 Å². The molecular weight excluding hydrogens is 250 g/mol. The zero-order valence-electron chi connectivity index (χ0n) is 12.7. The van der Waals surface area contributed by atoms with Gasteiger partial charge in [-0.3, -0.25) is 4.79 Å². The first-order chi connectivity index (χ1) is 9.31. The van der Waals surface area contributed by atoms with Crippen LogP contribution in [0.25, 0.3) is 0 Å². The third-order valence-electron chi connectivity index (χ3n) is 2.60. The summed E-state index contributed by atoms with van der Waals surface area (Å²) in [7, 11) is 0. The number of amides is 1. The van der Waals surface area contributed by atoms with Gasteiger partial charge in [0.25, 0.3) is 0 Å². The van der Waals surface area contributed by atoms with Crippen molar-refractivity contribution in [2.45, 2.75) is 40.5 Å². The first kappa shape index (κ1) is 16.3. The maximum absolute atomic E-state index is 12.0. The van der Waals surface area contributed by atoms with E-state index >= 15 is 0 Å². The molecule has 1 aromatic carbocycles. The summed E-state index contributed by atoms with van der Waals surface area (Å²) in [6.07, 6.45) is 0.897. The summed E-state index contributed by atoms with van der Waals surface area (Å²) in [4.78, 5) is 12.0. The van der Waals surface area contributed by atoms with Crippen molar-refractivity contribution in [1.29, 1.82) is 0 Å². The topological polar surface area (TPSA) is 49.3 Å². The minimum absolute atomic E-state index is 0.00620. The van der Waals surface area contributed by atoms with Gasteiger partial charge in [-0.25, -0.2) is 0 Å². The van der Waals surface area contributed by atoms with Gasteiger partial charge in [0.05, 0.1) is 12.3 Å². The lowest BCUT2D eigenvalue weighted by Crippen LogP contribution is -2.20. The van der Waals surface area contributed by atoms with Crippen molar-refractivity contribution in [3.63, 3.8) is 0 Å². The van der Waals surface area contributed by atoms with E-state index in [0.717, 1.165) is 16.8 Å². The minimum atomic E-state index is -0.0450. The molecule has 2 N–H and O–H groups in total. The summed E-state index contributed by atoms with van der Waals surface area (Å²) in [6, 6.07) is 5.78. The van der Waals surface area contributed by atoms with Crippen molar-refractivity contribution in [3.05, 3.63) is 29.3 Å². The Morgan fingerprint density at radius 2 is 2.05 bits per heavy atom. The zero-order valence-corrected chi connectivity index (χ0v) is 12.7. The lowest BCUT2D eigenvalue weighted by atomic mass is 9.92. The van der Waals surface area contributed by atoms with Crippen molar-refractivity contribution in [3.8, 4) is 11.8 Å². The van der Waals surface area contributed by atoms with Crippen LogP contribution in [0.1, 0.15) is 44.7 Å². The fraction of sp³-hybridized carbons (Fsp3) is 0.471. The molecule has 1 rings (SSSR count). The molecule has 108 valence electrons. The van der Waals surface area contributed by atoms with E-state index in [-0.39, 0.29) is 17.9 Å². The van der Waals surface area contributed by atoms with Crippen molar-refractivity contribution < 1.29 is 9.90 Å². The molecule has 3 heteroatoms. The molecule has 0 aliphatic heterocycles. The summed E-state index contributed by atoms with van der Waals surface area (Å²) in [5.74, 6) is 5.86. The number of carbonyl (C=O) groups excluding carboxylic acids is 1. The molecule has 1 aromatic rings. The highest BCUT2D eigenvalue weighted by Crippen LogP contribution is 2.21. The average Bonchev–Trinajstić information content (AvgIpc) is 2.29. The van der Waals surface area contributed by atoms with E-state index in [0.29, 0.717) is 12.8 Å². The summed E-state index contributed by atoms with van der Waals surface area (Å²) >= 11 is 0. The lowest BCUT2D eigenvalue weighted by molar-refractivity contribution is -0.117. The predicted molar refractivity (Wildman–Crippen MR) is 82.5 cm³/mol. The maximum Gasteiger partial charge on any atom is 0.224 e. The van der Waals surface area contributed by atoms with Crippen LogP contribution in [0.15, 0.2) is 18.2 Å². The van der Waals surface area contributed by atoms with Gasteiger partial charge in [-0.2, -0.15) is 0 Å². The fourth-order valence-electron chi connectivity index (χ4n) is 1.76. The van der Waals surface area contributed by atoms with Crippen molar-refractivity contribution in [2.24, 2.45) is 5.41 Å². The first-order valence-corrected chi connectivity index (χ1v) is 6.82. The monoisotopic (exact) mass is 273 g/mol. The first-order valence-electron chi connectivity index (χ1n) is 6.82. The molecule has 3 nitrogen and oxygen atoms in total. The normalized spacial score (nSPS) is 10.7. The van der Waals surface area contributed by atoms with E-state index in [1.165, 1.54) is 0 Å². The van der Waals surface area contributed by atoms with Gasteiger partial charge >= 0.3 is 0 Å². The maximum atomic E-state index is 12.0. The van der Waals surface area contributed by atoms with Crippen LogP contribution in [-0.2, 0) is 4.79 Å². The summed E-state index contributed by atoms with van der Waals surface area (Å²) < 4.78 is 0. The van der Waals surface area contributed by atoms with Gasteiger partial charge in [-0.05, 0) is 30.0 Å². The molecule has 0 aliphatic rings. The van der Waals surface area contributed by atoms with E-state index in [2.05, 4.69) is 17.2 Å². The van der Waals surface area contributed by atoms with E-state index in [1.54, 1.807) is 0 Å². The van der Waals surface area contributed by atoms with E-state index < -0.39 is 0 Å². The van der Waals surface area contributed by atoms with Gasteiger partial charge in [0.15, 0.2) is 0 Å². The molecular formula is C17H23NO2. The van der Waals surface area contributed by atoms with Gasteiger partial charge in [0.1, 0.15) is 0 Å². The van der Waals surface area contributed by atoms with Crippen LogP contribution in [0, 0.1) is 24.2 Å². The van der Waals surface area contributed by atoms with Crippen LogP contribution in [0.2, 0.25) is 0 Å². The van der Waals surface area contributed by atoms with Crippen LogP contribution in [0.3, 0.4) is 0 Å². The van der Waals surface area contributed by atoms with Gasteiger partial charge in [0.2, 0.25) is 5.91 Å². The van der Waals surface area contributed by atoms with E-state index in [9.17, 15) is 4.79 Å². The number of hydrogen-bond donors (Lipinski definition) is 2. The zero-order chi connectivity index (χ0) is 15.2. The Hall–Kier alpha value is -1.79. The molecule has 0 fully saturated rings. The second-order valence-corrected chi connectivity index (χ2v) is 6.11. The molecule has 20 heavy (non-hydrogen) atoms. The minimum Gasteiger partial charge on any atom is -0.395 e. The van der Waals surface area contributed by atoms with Gasteiger partial charge in [-0.1, -0.05) is 38.7 Å². The highest BCUT2D eigenvalue weighted by Gasteiger charge is 2.16. The lowest BCUT2D eigenvalue weighted by Gasteiger charge is -2.18. The number of carbonyl (C=O) groups is 1. The third-order valence-corrected chi connectivity index (χ3v) is 2.60.